The van der Waals surface area contributed by atoms with Gasteiger partial charge in [0.15, 0.2) is 0 Å². The van der Waals surface area contributed by atoms with Crippen molar-refractivity contribution in [2.24, 2.45) is 0 Å². The Morgan fingerprint density at radius 3 is 2.88 bits per heavy atom. The van der Waals surface area contributed by atoms with E-state index in [0.717, 1.165) is 26.1 Å². The second kappa shape index (κ2) is 6.64. The minimum Gasteiger partial charge on any atom is -0.396 e. The first-order valence-electron chi connectivity index (χ1n) is 9.04. The summed E-state index contributed by atoms with van der Waals surface area (Å²) >= 11 is 0. The van der Waals surface area contributed by atoms with Crippen molar-refractivity contribution in [1.29, 1.82) is 0 Å². The number of likely N-dealkylation sites (tertiary alicyclic amines) is 1. The molecule has 1 amide bonds. The van der Waals surface area contributed by atoms with Crippen LogP contribution in [0.15, 0.2) is 24.5 Å². The van der Waals surface area contributed by atoms with Gasteiger partial charge in [0, 0.05) is 64.1 Å². The van der Waals surface area contributed by atoms with E-state index in [-0.39, 0.29) is 36.6 Å². The van der Waals surface area contributed by atoms with Gasteiger partial charge < -0.3 is 15.1 Å². The molecule has 0 saturated carbocycles. The number of aliphatic hydroxyl groups excluding tert-OH is 2. The highest BCUT2D eigenvalue weighted by Gasteiger charge is 2.56. The summed E-state index contributed by atoms with van der Waals surface area (Å²) in [7, 11) is 0. The van der Waals surface area contributed by atoms with Crippen LogP contribution in [-0.2, 0) is 11.3 Å². The third-order valence-corrected chi connectivity index (χ3v) is 5.76. The molecule has 2 N–H and O–H groups in total. The quantitative estimate of drug-likeness (QED) is 0.750. The molecule has 1 spiro atoms. The van der Waals surface area contributed by atoms with Crippen LogP contribution in [-0.4, -0.2) is 92.8 Å². The van der Waals surface area contributed by atoms with Crippen LogP contribution in [0.3, 0.4) is 0 Å². The van der Waals surface area contributed by atoms with Crippen molar-refractivity contribution >= 4 is 5.91 Å². The molecule has 2 atom stereocenters. The summed E-state index contributed by atoms with van der Waals surface area (Å²) in [6.45, 7) is 4.61. The van der Waals surface area contributed by atoms with Gasteiger partial charge in [-0.05, 0) is 18.1 Å². The van der Waals surface area contributed by atoms with Gasteiger partial charge in [-0.2, -0.15) is 0 Å². The molecule has 4 rings (SSSR count). The Morgan fingerprint density at radius 1 is 1.32 bits per heavy atom. The first kappa shape index (κ1) is 16.9. The first-order chi connectivity index (χ1) is 12.1. The van der Waals surface area contributed by atoms with Crippen molar-refractivity contribution in [2.45, 2.75) is 37.1 Å². The Balaban J connectivity index is 1.46. The van der Waals surface area contributed by atoms with Crippen molar-refractivity contribution < 1.29 is 15.0 Å². The van der Waals surface area contributed by atoms with E-state index in [9.17, 15) is 9.90 Å². The van der Waals surface area contributed by atoms with Crippen LogP contribution in [0.1, 0.15) is 18.4 Å². The van der Waals surface area contributed by atoms with Crippen molar-refractivity contribution in [1.82, 2.24) is 19.7 Å². The Labute approximate surface area is 147 Å². The molecule has 4 heterocycles. The standard InChI is InChI=1S/C18H26N4O3/c23-5-3-17(25)21-9-15-6-16(24)10-22(15)18(13-21)11-20(12-18)8-14-2-1-4-19-7-14/h1-2,4,7,15-16,23-24H,3,5-6,8-13H2/t15-,16-/m1/s1. The molecular formula is C18H26N4O3. The molecule has 0 unspecified atom stereocenters. The average molecular weight is 346 g/mol. The number of carbonyl (C=O) groups is 1. The van der Waals surface area contributed by atoms with Crippen molar-refractivity contribution in [3.8, 4) is 0 Å². The number of fused-ring (bicyclic) bond motifs is 2. The largest absolute Gasteiger partial charge is 0.396 e. The van der Waals surface area contributed by atoms with Crippen molar-refractivity contribution in [3.63, 3.8) is 0 Å². The fourth-order valence-electron chi connectivity index (χ4n) is 4.78. The number of β-amino-alcohol motifs (C(OH)–C–C–N with tert-alkyl or cyclic N) is 1. The molecule has 3 saturated heterocycles. The van der Waals surface area contributed by atoms with Crippen LogP contribution in [0.2, 0.25) is 0 Å². The zero-order chi connectivity index (χ0) is 17.4. The number of aliphatic hydroxyl groups is 2. The van der Waals surface area contributed by atoms with Crippen LogP contribution in [0.25, 0.3) is 0 Å². The van der Waals surface area contributed by atoms with Crippen LogP contribution in [0, 0.1) is 0 Å². The highest BCUT2D eigenvalue weighted by Crippen LogP contribution is 2.39. The molecule has 3 aliphatic rings. The van der Waals surface area contributed by atoms with Crippen molar-refractivity contribution in [3.05, 3.63) is 30.1 Å². The van der Waals surface area contributed by atoms with Gasteiger partial charge in [0.2, 0.25) is 5.91 Å². The number of hydrogen-bond acceptors (Lipinski definition) is 6. The summed E-state index contributed by atoms with van der Waals surface area (Å²) < 4.78 is 0. The molecule has 7 heteroatoms. The highest BCUT2D eigenvalue weighted by molar-refractivity contribution is 5.76. The average Bonchev–Trinajstić information content (AvgIpc) is 2.95. The molecular weight excluding hydrogens is 320 g/mol. The molecule has 1 aromatic heterocycles. The number of hydrogen-bond donors (Lipinski definition) is 2. The molecule has 136 valence electrons. The van der Waals surface area contributed by atoms with Crippen molar-refractivity contribution in [2.75, 3.05) is 39.3 Å². The molecule has 3 fully saturated rings. The van der Waals surface area contributed by atoms with E-state index >= 15 is 0 Å². The SMILES string of the molecule is O=C(CCO)N1C[C@H]2C[C@@H](O)CN2C2(CN(Cc3cccnc3)C2)C1. The van der Waals surface area contributed by atoms with Gasteiger partial charge in [-0.3, -0.25) is 19.6 Å². The lowest BCUT2D eigenvalue weighted by molar-refractivity contribution is -0.151. The molecule has 0 radical (unpaired) electrons. The smallest absolute Gasteiger partial charge is 0.224 e. The van der Waals surface area contributed by atoms with E-state index < -0.39 is 0 Å². The van der Waals surface area contributed by atoms with Crippen LogP contribution < -0.4 is 0 Å². The van der Waals surface area contributed by atoms with E-state index in [1.807, 2.05) is 17.2 Å². The van der Waals surface area contributed by atoms with E-state index in [4.69, 9.17) is 5.11 Å². The second-order valence-corrected chi connectivity index (χ2v) is 7.67. The molecule has 0 aliphatic carbocycles. The van der Waals surface area contributed by atoms with Gasteiger partial charge in [-0.1, -0.05) is 6.07 Å². The zero-order valence-corrected chi connectivity index (χ0v) is 14.4. The van der Waals surface area contributed by atoms with Gasteiger partial charge >= 0.3 is 0 Å². The van der Waals surface area contributed by atoms with E-state index in [0.29, 0.717) is 19.6 Å². The second-order valence-electron chi connectivity index (χ2n) is 7.67. The van der Waals surface area contributed by atoms with Gasteiger partial charge in [0.05, 0.1) is 18.2 Å². The zero-order valence-electron chi connectivity index (χ0n) is 14.4. The lowest BCUT2D eigenvalue weighted by Gasteiger charge is -2.61. The van der Waals surface area contributed by atoms with E-state index in [2.05, 4.69) is 20.9 Å². The maximum atomic E-state index is 12.3. The Hall–Kier alpha value is -1.54. The lowest BCUT2D eigenvalue weighted by Crippen LogP contribution is -2.78. The molecule has 0 bridgehead atoms. The fraction of sp³-hybridized carbons (Fsp3) is 0.667. The summed E-state index contributed by atoms with van der Waals surface area (Å²) in [5.41, 5.74) is 1.13. The third kappa shape index (κ3) is 3.17. The minimum atomic E-state index is -0.304. The Kier molecular flexibility index (Phi) is 4.49. The van der Waals surface area contributed by atoms with Crippen LogP contribution in [0.5, 0.6) is 0 Å². The van der Waals surface area contributed by atoms with Gasteiger partial charge in [0.1, 0.15) is 0 Å². The maximum Gasteiger partial charge on any atom is 0.224 e. The minimum absolute atomic E-state index is 0.0219. The number of aromatic nitrogens is 1. The molecule has 7 nitrogen and oxygen atoms in total. The topological polar surface area (TPSA) is 80.1 Å². The number of piperazine rings is 1. The summed E-state index contributed by atoms with van der Waals surface area (Å²) in [5, 5.41) is 19.2. The van der Waals surface area contributed by atoms with Gasteiger partial charge in [-0.25, -0.2) is 0 Å². The number of rotatable bonds is 4. The van der Waals surface area contributed by atoms with E-state index in [1.165, 1.54) is 5.56 Å². The lowest BCUT2D eigenvalue weighted by atomic mass is 9.83. The summed E-state index contributed by atoms with van der Waals surface area (Å²) in [4.78, 5) is 23.2. The summed E-state index contributed by atoms with van der Waals surface area (Å²) in [6.07, 6.45) is 4.29. The predicted molar refractivity (Wildman–Crippen MR) is 91.6 cm³/mol. The number of amides is 1. The number of pyridine rings is 1. The molecule has 25 heavy (non-hydrogen) atoms. The Bertz CT molecular complexity index is 620. The number of carbonyl (C=O) groups excluding carboxylic acids is 1. The van der Waals surface area contributed by atoms with E-state index in [1.54, 1.807) is 6.20 Å². The van der Waals surface area contributed by atoms with Gasteiger partial charge in [0.25, 0.3) is 0 Å². The summed E-state index contributed by atoms with van der Waals surface area (Å²) in [5.74, 6) is 0.0219. The molecule has 0 aromatic carbocycles. The molecule has 3 aliphatic heterocycles. The monoisotopic (exact) mass is 346 g/mol. The third-order valence-electron chi connectivity index (χ3n) is 5.76. The maximum absolute atomic E-state index is 12.3. The Morgan fingerprint density at radius 2 is 2.16 bits per heavy atom. The fourth-order valence-corrected chi connectivity index (χ4v) is 4.78. The summed E-state index contributed by atoms with van der Waals surface area (Å²) in [6, 6.07) is 4.26. The van der Waals surface area contributed by atoms with Crippen LogP contribution in [0.4, 0.5) is 0 Å². The number of nitrogens with zero attached hydrogens (tertiary/aromatic N) is 4. The van der Waals surface area contributed by atoms with Gasteiger partial charge in [-0.15, -0.1) is 0 Å². The van der Waals surface area contributed by atoms with Crippen LogP contribution >= 0.6 is 0 Å². The predicted octanol–water partition coefficient (Wildman–Crippen LogP) is -0.704. The first-order valence-corrected chi connectivity index (χ1v) is 9.04. The highest BCUT2D eigenvalue weighted by atomic mass is 16.3. The molecule has 1 aromatic rings. The normalized spacial score (nSPS) is 28.8.